The number of anilines is 1. The topological polar surface area (TPSA) is 117 Å². The fraction of sp³-hybridized carbons (Fsp3) is 0.483. The van der Waals surface area contributed by atoms with E-state index < -0.39 is 42.6 Å². The average molecular weight is 548 g/mol. The molecule has 1 aliphatic rings. The molecule has 1 fully saturated rings. The first-order chi connectivity index (χ1) is 18.8. The molecule has 3 unspecified atom stereocenters. The highest BCUT2D eigenvalue weighted by molar-refractivity contribution is 5.69. The number of unbranched alkanes of at least 4 members (excludes halogenated alkanes) is 1. The van der Waals surface area contributed by atoms with Crippen LogP contribution in [0.5, 0.6) is 0 Å². The lowest BCUT2D eigenvalue weighted by Crippen LogP contribution is -2.44. The van der Waals surface area contributed by atoms with Crippen LogP contribution in [0.2, 0.25) is 0 Å². The van der Waals surface area contributed by atoms with E-state index in [1.54, 1.807) is 0 Å². The maximum atomic E-state index is 15.0. The van der Waals surface area contributed by atoms with E-state index in [9.17, 15) is 14.7 Å². The first kappa shape index (κ1) is 31.8. The largest absolute Gasteiger partial charge is 0.453 e. The zero-order valence-electron chi connectivity index (χ0n) is 22.3. The maximum absolute atomic E-state index is 15.0. The second-order valence-corrected chi connectivity index (χ2v) is 8.94. The Morgan fingerprint density at radius 2 is 1.64 bits per heavy atom. The number of halogens is 2. The standard InChI is InChI=1S/C29H39F2N3O5/c1-2-3-4-5-6-7-8-9-10-11-12-13-14-15-16-17-18-19-25(36)39-26-23(22-35)38-27(29(26,30)31)34-21-20-24(32)33-28(34)37/h3-4,6-7,9-10,12-13,15-16,20-21,23,26-27,35H,2,5,8,11,14,17-19,22H2,1H3,(H2,32,33,37)/b4-3-,7-6+,10-9+,13-12+,16-15+. The van der Waals surface area contributed by atoms with E-state index in [0.29, 0.717) is 17.4 Å². The average Bonchev–Trinajstić information content (AvgIpc) is 3.15. The Hall–Kier alpha value is -3.37. The molecule has 10 heteroatoms. The summed E-state index contributed by atoms with van der Waals surface area (Å²) in [5.41, 5.74) is 4.36. The summed E-state index contributed by atoms with van der Waals surface area (Å²) in [7, 11) is 0. The Kier molecular flexibility index (Phi) is 14.1. The Labute approximate surface area is 228 Å². The van der Waals surface area contributed by atoms with Gasteiger partial charge in [-0.05, 0) is 51.0 Å². The van der Waals surface area contributed by atoms with Crippen molar-refractivity contribution in [2.24, 2.45) is 0 Å². The van der Waals surface area contributed by atoms with Gasteiger partial charge in [-0.3, -0.25) is 9.36 Å². The number of aromatic nitrogens is 2. The van der Waals surface area contributed by atoms with Gasteiger partial charge in [0.2, 0.25) is 6.23 Å². The lowest BCUT2D eigenvalue weighted by molar-refractivity contribution is -0.176. The van der Waals surface area contributed by atoms with E-state index in [4.69, 9.17) is 15.2 Å². The predicted octanol–water partition coefficient (Wildman–Crippen LogP) is 5.18. The summed E-state index contributed by atoms with van der Waals surface area (Å²) in [6.45, 7) is 1.30. The number of ether oxygens (including phenoxy) is 2. The van der Waals surface area contributed by atoms with Gasteiger partial charge in [-0.25, -0.2) is 4.79 Å². The number of carbonyl (C=O) groups excluding carboxylic acids is 1. The highest BCUT2D eigenvalue weighted by Crippen LogP contribution is 2.43. The van der Waals surface area contributed by atoms with Gasteiger partial charge in [0.25, 0.3) is 0 Å². The fourth-order valence-electron chi connectivity index (χ4n) is 3.80. The fourth-order valence-corrected chi connectivity index (χ4v) is 3.80. The third-order valence-electron chi connectivity index (χ3n) is 5.80. The SMILES string of the molecule is CC/C=C\C/C=C/C/C=C/C/C=C/C/C=C/CCCC(=O)OC1C(CO)OC(n2ccc(N)nc2=O)C1(F)F. The van der Waals surface area contributed by atoms with Gasteiger partial charge in [0.1, 0.15) is 11.9 Å². The summed E-state index contributed by atoms with van der Waals surface area (Å²) in [5, 5.41) is 9.50. The summed E-state index contributed by atoms with van der Waals surface area (Å²) >= 11 is 0. The van der Waals surface area contributed by atoms with Crippen LogP contribution in [0.1, 0.15) is 64.5 Å². The van der Waals surface area contributed by atoms with Gasteiger partial charge in [-0.2, -0.15) is 13.8 Å². The molecule has 0 bridgehead atoms. The van der Waals surface area contributed by atoms with Gasteiger partial charge in [0, 0.05) is 12.6 Å². The number of aliphatic hydroxyl groups is 1. The molecule has 3 N–H and O–H groups in total. The van der Waals surface area contributed by atoms with Crippen LogP contribution in [-0.4, -0.2) is 45.4 Å². The van der Waals surface area contributed by atoms with Gasteiger partial charge in [0.15, 0.2) is 6.10 Å². The highest BCUT2D eigenvalue weighted by atomic mass is 19.3. The molecule has 1 aliphatic heterocycles. The Bertz CT molecular complexity index is 1090. The molecule has 214 valence electrons. The number of aliphatic hydroxyl groups excluding tert-OH is 1. The Balaban J connectivity index is 1.68. The number of allylic oxidation sites excluding steroid dienone is 10. The minimum absolute atomic E-state index is 0.0763. The monoisotopic (exact) mass is 547 g/mol. The van der Waals surface area contributed by atoms with Gasteiger partial charge in [0.05, 0.1) is 6.61 Å². The van der Waals surface area contributed by atoms with Crippen molar-refractivity contribution in [3.8, 4) is 0 Å². The van der Waals surface area contributed by atoms with Crippen molar-refractivity contribution in [1.29, 1.82) is 0 Å². The Morgan fingerprint density at radius 3 is 2.18 bits per heavy atom. The number of rotatable bonds is 16. The Morgan fingerprint density at radius 1 is 1.08 bits per heavy atom. The maximum Gasteiger partial charge on any atom is 0.351 e. The summed E-state index contributed by atoms with van der Waals surface area (Å²) < 4.78 is 40.8. The van der Waals surface area contributed by atoms with E-state index >= 15 is 8.78 Å². The summed E-state index contributed by atoms with van der Waals surface area (Å²) in [4.78, 5) is 27.6. The quantitative estimate of drug-likeness (QED) is 0.166. The van der Waals surface area contributed by atoms with Crippen molar-refractivity contribution in [3.63, 3.8) is 0 Å². The van der Waals surface area contributed by atoms with E-state index in [1.807, 2.05) is 12.2 Å². The third-order valence-corrected chi connectivity index (χ3v) is 5.80. The van der Waals surface area contributed by atoms with Crippen LogP contribution in [0.3, 0.4) is 0 Å². The normalized spacial score (nSPS) is 21.4. The van der Waals surface area contributed by atoms with Crippen molar-refractivity contribution in [1.82, 2.24) is 9.55 Å². The minimum Gasteiger partial charge on any atom is -0.453 e. The number of carbonyl (C=O) groups is 1. The van der Waals surface area contributed by atoms with Crippen molar-refractivity contribution in [2.45, 2.75) is 82.6 Å². The van der Waals surface area contributed by atoms with E-state index in [2.05, 4.69) is 60.5 Å². The zero-order valence-corrected chi connectivity index (χ0v) is 22.3. The molecule has 0 amide bonds. The van der Waals surface area contributed by atoms with Crippen LogP contribution in [0.4, 0.5) is 14.6 Å². The number of hydrogen-bond donors (Lipinski definition) is 2. The molecule has 0 radical (unpaired) electrons. The molecule has 0 spiro atoms. The molecule has 0 aromatic carbocycles. The molecule has 0 aliphatic carbocycles. The molecule has 1 aromatic rings. The van der Waals surface area contributed by atoms with Crippen LogP contribution < -0.4 is 11.4 Å². The second-order valence-electron chi connectivity index (χ2n) is 8.94. The van der Waals surface area contributed by atoms with Crippen molar-refractivity contribution >= 4 is 11.8 Å². The van der Waals surface area contributed by atoms with Crippen LogP contribution in [0.15, 0.2) is 77.8 Å². The van der Waals surface area contributed by atoms with Crippen LogP contribution in [0.25, 0.3) is 0 Å². The van der Waals surface area contributed by atoms with E-state index in [-0.39, 0.29) is 12.2 Å². The number of nitrogen functional groups attached to an aromatic ring is 1. The summed E-state index contributed by atoms with van der Waals surface area (Å²) in [6, 6.07) is 1.17. The van der Waals surface area contributed by atoms with E-state index in [1.165, 1.54) is 6.07 Å². The number of nitrogens with two attached hydrogens (primary N) is 1. The molecule has 1 saturated heterocycles. The second kappa shape index (κ2) is 17.3. The number of alkyl halides is 2. The zero-order chi connectivity index (χ0) is 28.5. The van der Waals surface area contributed by atoms with Crippen molar-refractivity contribution < 1.29 is 28.2 Å². The molecule has 39 heavy (non-hydrogen) atoms. The molecule has 2 rings (SSSR count). The smallest absolute Gasteiger partial charge is 0.351 e. The molecular weight excluding hydrogens is 508 g/mol. The van der Waals surface area contributed by atoms with Gasteiger partial charge >= 0.3 is 17.6 Å². The number of nitrogens with zero attached hydrogens (tertiary/aromatic N) is 2. The minimum atomic E-state index is -3.77. The number of hydrogen-bond acceptors (Lipinski definition) is 7. The van der Waals surface area contributed by atoms with E-state index in [0.717, 1.165) is 38.3 Å². The lowest BCUT2D eigenvalue weighted by atomic mass is 10.1. The predicted molar refractivity (Wildman–Crippen MR) is 147 cm³/mol. The molecular formula is C29H39F2N3O5. The molecule has 1 aromatic heterocycles. The van der Waals surface area contributed by atoms with Crippen LogP contribution >= 0.6 is 0 Å². The van der Waals surface area contributed by atoms with Crippen LogP contribution in [-0.2, 0) is 14.3 Å². The summed E-state index contributed by atoms with van der Waals surface area (Å²) in [5.74, 6) is -4.74. The molecule has 3 atom stereocenters. The van der Waals surface area contributed by atoms with Gasteiger partial charge in [-0.15, -0.1) is 0 Å². The highest BCUT2D eigenvalue weighted by Gasteiger charge is 2.62. The van der Waals surface area contributed by atoms with Gasteiger partial charge in [-0.1, -0.05) is 67.7 Å². The third kappa shape index (κ3) is 10.7. The molecule has 8 nitrogen and oxygen atoms in total. The first-order valence-electron chi connectivity index (χ1n) is 13.2. The first-order valence-corrected chi connectivity index (χ1v) is 13.2. The van der Waals surface area contributed by atoms with Crippen molar-refractivity contribution in [2.75, 3.05) is 12.3 Å². The van der Waals surface area contributed by atoms with Gasteiger partial charge < -0.3 is 20.3 Å². The number of esters is 1. The lowest BCUT2D eigenvalue weighted by Gasteiger charge is -2.24. The molecule has 2 heterocycles. The van der Waals surface area contributed by atoms with Crippen molar-refractivity contribution in [3.05, 3.63) is 83.5 Å². The molecule has 0 saturated carbocycles. The van der Waals surface area contributed by atoms with Crippen LogP contribution in [0, 0.1) is 0 Å². The summed E-state index contributed by atoms with van der Waals surface area (Å²) in [6.07, 6.45) is 21.8.